The second-order valence-electron chi connectivity index (χ2n) is 7.05. The lowest BCUT2D eigenvalue weighted by Gasteiger charge is -2.11. The number of carbonyl (C=O) groups excluding carboxylic acids is 2. The van der Waals surface area contributed by atoms with Gasteiger partial charge in [0.25, 0.3) is 5.56 Å². The Morgan fingerprint density at radius 1 is 1.13 bits per heavy atom. The molecule has 31 heavy (non-hydrogen) atoms. The molecule has 0 spiro atoms. The van der Waals surface area contributed by atoms with E-state index in [4.69, 9.17) is 4.98 Å². The van der Waals surface area contributed by atoms with Crippen LogP contribution in [-0.4, -0.2) is 27.0 Å². The Kier molecular flexibility index (Phi) is 6.20. The van der Waals surface area contributed by atoms with E-state index in [0.717, 1.165) is 15.6 Å². The van der Waals surface area contributed by atoms with Gasteiger partial charge in [-0.2, -0.15) is 0 Å². The number of fused-ring (bicyclic) bond motifs is 2. The van der Waals surface area contributed by atoms with Crippen molar-refractivity contribution in [3.05, 3.63) is 68.6 Å². The molecule has 0 fully saturated rings. The van der Waals surface area contributed by atoms with E-state index in [1.54, 1.807) is 10.6 Å². The van der Waals surface area contributed by atoms with Crippen LogP contribution in [-0.2, 0) is 17.9 Å². The average Bonchev–Trinajstić information content (AvgIpc) is 3.24. The summed E-state index contributed by atoms with van der Waals surface area (Å²) in [6.45, 7) is 4.25. The van der Waals surface area contributed by atoms with Gasteiger partial charge in [-0.15, -0.1) is 11.3 Å². The van der Waals surface area contributed by atoms with E-state index in [1.165, 1.54) is 30.0 Å². The lowest BCUT2D eigenvalue weighted by molar-refractivity contribution is -0.119. The maximum absolute atomic E-state index is 13.1. The van der Waals surface area contributed by atoms with Crippen LogP contribution in [0.15, 0.2) is 58.5 Å². The van der Waals surface area contributed by atoms with E-state index in [-0.39, 0.29) is 23.0 Å². The van der Waals surface area contributed by atoms with Crippen LogP contribution in [0.3, 0.4) is 0 Å². The Morgan fingerprint density at radius 3 is 2.58 bits per heavy atom. The minimum Gasteiger partial charge on any atom is -0.351 e. The van der Waals surface area contributed by atoms with Gasteiger partial charge in [-0.3, -0.25) is 19.0 Å². The number of aromatic nitrogens is 2. The molecule has 0 saturated carbocycles. The number of benzene rings is 2. The first-order valence-electron chi connectivity index (χ1n) is 9.88. The van der Waals surface area contributed by atoms with Gasteiger partial charge in [0.15, 0.2) is 10.9 Å². The number of amides is 1. The summed E-state index contributed by atoms with van der Waals surface area (Å²) in [7, 11) is 0. The summed E-state index contributed by atoms with van der Waals surface area (Å²) < 4.78 is 1.62. The van der Waals surface area contributed by atoms with Crippen molar-refractivity contribution in [3.8, 4) is 0 Å². The second kappa shape index (κ2) is 9.03. The van der Waals surface area contributed by atoms with Gasteiger partial charge in [0.05, 0.1) is 28.1 Å². The Hall–Kier alpha value is -2.97. The van der Waals surface area contributed by atoms with Gasteiger partial charge in [0, 0.05) is 18.3 Å². The molecule has 4 rings (SSSR count). The van der Waals surface area contributed by atoms with Crippen LogP contribution < -0.4 is 10.9 Å². The zero-order valence-corrected chi connectivity index (χ0v) is 18.8. The number of nitrogens with zero attached hydrogens (tertiary/aromatic N) is 2. The van der Waals surface area contributed by atoms with E-state index in [1.807, 2.05) is 49.4 Å². The lowest BCUT2D eigenvalue weighted by Crippen LogP contribution is -2.23. The molecule has 0 unspecified atom stereocenters. The van der Waals surface area contributed by atoms with Crippen LogP contribution in [0.5, 0.6) is 0 Å². The van der Waals surface area contributed by atoms with Crippen molar-refractivity contribution in [1.29, 1.82) is 0 Å². The minimum absolute atomic E-state index is 0.0282. The molecule has 1 amide bonds. The van der Waals surface area contributed by atoms with Crippen molar-refractivity contribution in [3.63, 3.8) is 0 Å². The molecule has 2 heterocycles. The number of thioether (sulfide) groups is 1. The first-order valence-corrected chi connectivity index (χ1v) is 11.7. The highest BCUT2D eigenvalue weighted by atomic mass is 32.2. The molecule has 0 bridgehead atoms. The molecule has 2 aromatic heterocycles. The zero-order chi connectivity index (χ0) is 22.0. The van der Waals surface area contributed by atoms with E-state index < -0.39 is 0 Å². The maximum Gasteiger partial charge on any atom is 0.262 e. The monoisotopic (exact) mass is 451 g/mol. The first-order chi connectivity index (χ1) is 15.0. The van der Waals surface area contributed by atoms with Gasteiger partial charge in [0.2, 0.25) is 5.91 Å². The molecule has 2 aromatic carbocycles. The zero-order valence-electron chi connectivity index (χ0n) is 17.2. The predicted molar refractivity (Wildman–Crippen MR) is 126 cm³/mol. The molecule has 8 heteroatoms. The van der Waals surface area contributed by atoms with Gasteiger partial charge >= 0.3 is 0 Å². The van der Waals surface area contributed by atoms with Crippen LogP contribution in [0.1, 0.15) is 28.4 Å². The third kappa shape index (κ3) is 4.55. The molecule has 158 valence electrons. The summed E-state index contributed by atoms with van der Waals surface area (Å²) in [5, 5.41) is 5.87. The number of rotatable bonds is 7. The standard InChI is InChI=1S/C23H21N3O3S2/c1-3-26-22(29)18-10-15-6-4-5-7-16(15)11-19(18)25-23(26)30-13-20(28)21-9-8-17(31-21)12-24-14(2)27/h4-11H,3,12-13H2,1-2H3,(H,24,27). The molecule has 0 saturated heterocycles. The van der Waals surface area contributed by atoms with Crippen LogP contribution in [0.25, 0.3) is 21.7 Å². The average molecular weight is 452 g/mol. The number of thiophene rings is 1. The van der Waals surface area contributed by atoms with Gasteiger partial charge in [-0.25, -0.2) is 4.98 Å². The first kappa shape index (κ1) is 21.3. The summed E-state index contributed by atoms with van der Waals surface area (Å²) >= 11 is 2.64. The molecule has 4 aromatic rings. The normalized spacial score (nSPS) is 11.2. The fraction of sp³-hybridized carbons (Fsp3) is 0.217. The molecule has 0 aliphatic rings. The maximum atomic E-state index is 13.1. The highest BCUT2D eigenvalue weighted by Gasteiger charge is 2.15. The lowest BCUT2D eigenvalue weighted by atomic mass is 10.1. The van der Waals surface area contributed by atoms with Gasteiger partial charge in [-0.05, 0) is 42.0 Å². The number of hydrogen-bond acceptors (Lipinski definition) is 6. The Labute approximate surface area is 187 Å². The largest absolute Gasteiger partial charge is 0.351 e. The molecule has 0 aliphatic heterocycles. The molecule has 0 atom stereocenters. The third-order valence-corrected chi connectivity index (χ3v) is 6.99. The third-order valence-electron chi connectivity index (χ3n) is 4.88. The summed E-state index contributed by atoms with van der Waals surface area (Å²) in [5.74, 6) is 0.0510. The highest BCUT2D eigenvalue weighted by molar-refractivity contribution is 7.99. The van der Waals surface area contributed by atoms with Crippen molar-refractivity contribution in [2.75, 3.05) is 5.75 Å². The van der Waals surface area contributed by atoms with Crippen LogP contribution >= 0.6 is 23.1 Å². The molecule has 1 N–H and O–H groups in total. The Morgan fingerprint density at radius 2 is 1.87 bits per heavy atom. The van der Waals surface area contributed by atoms with Crippen LogP contribution in [0.2, 0.25) is 0 Å². The Balaban J connectivity index is 1.59. The molecular weight excluding hydrogens is 430 g/mol. The van der Waals surface area contributed by atoms with E-state index in [2.05, 4.69) is 5.32 Å². The number of ketones is 1. The number of carbonyl (C=O) groups is 2. The number of Topliss-reactive ketones (excluding diaryl/α,β-unsaturated/α-hetero) is 1. The molecular formula is C23H21N3O3S2. The summed E-state index contributed by atoms with van der Waals surface area (Å²) in [6.07, 6.45) is 0. The summed E-state index contributed by atoms with van der Waals surface area (Å²) in [5.41, 5.74) is 0.541. The quantitative estimate of drug-likeness (QED) is 0.197. The van der Waals surface area contributed by atoms with E-state index in [9.17, 15) is 14.4 Å². The van der Waals surface area contributed by atoms with Gasteiger partial charge in [0.1, 0.15) is 0 Å². The SMILES string of the molecule is CCn1c(SCC(=O)c2ccc(CNC(C)=O)s2)nc2cc3ccccc3cc2c1=O. The number of hydrogen-bond donors (Lipinski definition) is 1. The molecule has 6 nitrogen and oxygen atoms in total. The fourth-order valence-electron chi connectivity index (χ4n) is 3.31. The number of nitrogens with one attached hydrogen (secondary N) is 1. The van der Waals surface area contributed by atoms with Crippen molar-refractivity contribution < 1.29 is 9.59 Å². The van der Waals surface area contributed by atoms with E-state index >= 15 is 0 Å². The summed E-state index contributed by atoms with van der Waals surface area (Å²) in [4.78, 5) is 43.1. The van der Waals surface area contributed by atoms with E-state index in [0.29, 0.717) is 34.0 Å². The smallest absolute Gasteiger partial charge is 0.262 e. The van der Waals surface area contributed by atoms with Crippen molar-refractivity contribution >= 4 is 56.5 Å². The minimum atomic E-state index is -0.107. The van der Waals surface area contributed by atoms with Crippen molar-refractivity contribution in [1.82, 2.24) is 14.9 Å². The van der Waals surface area contributed by atoms with Crippen molar-refractivity contribution in [2.24, 2.45) is 0 Å². The van der Waals surface area contributed by atoms with Gasteiger partial charge < -0.3 is 5.32 Å². The molecule has 0 aliphatic carbocycles. The predicted octanol–water partition coefficient (Wildman–Crippen LogP) is 4.24. The van der Waals surface area contributed by atoms with Crippen LogP contribution in [0, 0.1) is 0 Å². The van der Waals surface area contributed by atoms with Gasteiger partial charge in [-0.1, -0.05) is 36.0 Å². The van der Waals surface area contributed by atoms with Crippen molar-refractivity contribution in [2.45, 2.75) is 32.1 Å². The Bertz CT molecular complexity index is 1360. The summed E-state index contributed by atoms with van der Waals surface area (Å²) in [6, 6.07) is 15.3. The topological polar surface area (TPSA) is 81.1 Å². The fourth-order valence-corrected chi connectivity index (χ4v) is 5.24. The second-order valence-corrected chi connectivity index (χ2v) is 9.16. The molecule has 0 radical (unpaired) electrons. The highest BCUT2D eigenvalue weighted by Crippen LogP contribution is 2.24. The van der Waals surface area contributed by atoms with Crippen LogP contribution in [0.4, 0.5) is 0 Å².